The fourth-order valence-corrected chi connectivity index (χ4v) is 3.14. The summed E-state index contributed by atoms with van der Waals surface area (Å²) in [6.07, 6.45) is 4.48. The molecule has 104 valence electrons. The van der Waals surface area contributed by atoms with Crippen molar-refractivity contribution < 1.29 is 9.53 Å². The van der Waals surface area contributed by atoms with Gasteiger partial charge < -0.3 is 4.74 Å². The van der Waals surface area contributed by atoms with Crippen LogP contribution in [0.2, 0.25) is 0 Å². The molecule has 1 aromatic carbocycles. The van der Waals surface area contributed by atoms with Gasteiger partial charge in [-0.05, 0) is 49.8 Å². The van der Waals surface area contributed by atoms with Gasteiger partial charge >= 0.3 is 0 Å². The molecule has 1 aromatic rings. The second kappa shape index (κ2) is 5.77. The molecule has 1 fully saturated rings. The zero-order valence-corrected chi connectivity index (χ0v) is 12.5. The summed E-state index contributed by atoms with van der Waals surface area (Å²) in [5.74, 6) is 1.88. The SMILES string of the molecule is COc1c(C(=O)C2CCCC(C)C2)ccc(C)c1C. The third-order valence-electron chi connectivity index (χ3n) is 4.45. The van der Waals surface area contributed by atoms with Crippen molar-refractivity contribution in [3.05, 3.63) is 28.8 Å². The molecule has 0 heterocycles. The smallest absolute Gasteiger partial charge is 0.169 e. The number of Topliss-reactive ketones (excluding diaryl/α,β-unsaturated/α-hetero) is 1. The zero-order chi connectivity index (χ0) is 14.0. The molecule has 2 unspecified atom stereocenters. The standard InChI is InChI=1S/C17H24O2/c1-11-6-5-7-14(10-11)16(18)15-9-8-12(2)13(3)17(15)19-4/h8-9,11,14H,5-7,10H2,1-4H3. The maximum Gasteiger partial charge on any atom is 0.169 e. The first-order valence-electron chi connectivity index (χ1n) is 7.23. The molecular formula is C17H24O2. The Morgan fingerprint density at radius 2 is 2.00 bits per heavy atom. The van der Waals surface area contributed by atoms with E-state index in [0.717, 1.165) is 29.7 Å². The van der Waals surface area contributed by atoms with Crippen LogP contribution in [0.1, 0.15) is 54.1 Å². The van der Waals surface area contributed by atoms with Crippen LogP contribution < -0.4 is 4.74 Å². The van der Waals surface area contributed by atoms with Crippen LogP contribution in [0.5, 0.6) is 5.75 Å². The predicted octanol–water partition coefficient (Wildman–Crippen LogP) is 4.32. The molecule has 2 atom stereocenters. The van der Waals surface area contributed by atoms with Crippen molar-refractivity contribution in [2.75, 3.05) is 7.11 Å². The highest BCUT2D eigenvalue weighted by atomic mass is 16.5. The first-order valence-corrected chi connectivity index (χ1v) is 7.23. The summed E-state index contributed by atoms with van der Waals surface area (Å²) in [6.45, 7) is 6.32. The Bertz CT molecular complexity index is 476. The minimum Gasteiger partial charge on any atom is -0.496 e. The normalized spacial score (nSPS) is 23.2. The molecule has 19 heavy (non-hydrogen) atoms. The third-order valence-corrected chi connectivity index (χ3v) is 4.45. The van der Waals surface area contributed by atoms with Crippen molar-refractivity contribution in [3.8, 4) is 5.75 Å². The Kier molecular flexibility index (Phi) is 4.28. The van der Waals surface area contributed by atoms with E-state index in [9.17, 15) is 4.79 Å². The fraction of sp³-hybridized carbons (Fsp3) is 0.588. The molecule has 2 heteroatoms. The van der Waals surface area contributed by atoms with Crippen LogP contribution in [0, 0.1) is 25.7 Å². The van der Waals surface area contributed by atoms with Crippen LogP contribution in [0.25, 0.3) is 0 Å². The summed E-state index contributed by atoms with van der Waals surface area (Å²) in [5.41, 5.74) is 3.02. The first kappa shape index (κ1) is 14.1. The molecular weight excluding hydrogens is 236 g/mol. The molecule has 1 aliphatic rings. The average molecular weight is 260 g/mol. The van der Waals surface area contributed by atoms with Gasteiger partial charge in [0.05, 0.1) is 12.7 Å². The van der Waals surface area contributed by atoms with Gasteiger partial charge in [0.25, 0.3) is 0 Å². The summed E-state index contributed by atoms with van der Waals surface area (Å²) < 4.78 is 5.47. The van der Waals surface area contributed by atoms with Crippen molar-refractivity contribution in [2.45, 2.75) is 46.5 Å². The van der Waals surface area contributed by atoms with E-state index >= 15 is 0 Å². The minimum absolute atomic E-state index is 0.180. The van der Waals surface area contributed by atoms with Crippen LogP contribution in [0.3, 0.4) is 0 Å². The molecule has 0 N–H and O–H groups in total. The number of methoxy groups -OCH3 is 1. The number of rotatable bonds is 3. The quantitative estimate of drug-likeness (QED) is 0.756. The van der Waals surface area contributed by atoms with Gasteiger partial charge in [-0.25, -0.2) is 0 Å². The van der Waals surface area contributed by atoms with Gasteiger partial charge in [0, 0.05) is 5.92 Å². The van der Waals surface area contributed by atoms with Gasteiger partial charge in [0.2, 0.25) is 0 Å². The van der Waals surface area contributed by atoms with E-state index in [1.54, 1.807) is 7.11 Å². The zero-order valence-electron chi connectivity index (χ0n) is 12.5. The molecule has 0 radical (unpaired) electrons. The van der Waals surface area contributed by atoms with Crippen molar-refractivity contribution in [2.24, 2.45) is 11.8 Å². The van der Waals surface area contributed by atoms with Gasteiger partial charge in [0.1, 0.15) is 5.75 Å². The number of ether oxygens (including phenoxy) is 1. The van der Waals surface area contributed by atoms with Crippen LogP contribution in [0.15, 0.2) is 12.1 Å². The van der Waals surface area contributed by atoms with Crippen LogP contribution in [-0.2, 0) is 0 Å². The van der Waals surface area contributed by atoms with Gasteiger partial charge in [-0.15, -0.1) is 0 Å². The largest absolute Gasteiger partial charge is 0.496 e. The molecule has 0 bridgehead atoms. The second-order valence-electron chi connectivity index (χ2n) is 5.92. The van der Waals surface area contributed by atoms with Gasteiger partial charge in [0.15, 0.2) is 5.78 Å². The molecule has 2 nitrogen and oxygen atoms in total. The van der Waals surface area contributed by atoms with Crippen molar-refractivity contribution in [1.29, 1.82) is 0 Å². The summed E-state index contributed by atoms with van der Waals surface area (Å²) in [4.78, 5) is 12.7. The lowest BCUT2D eigenvalue weighted by Gasteiger charge is -2.26. The molecule has 0 amide bonds. The van der Waals surface area contributed by atoms with Gasteiger partial charge in [-0.3, -0.25) is 4.79 Å². The Morgan fingerprint density at radius 3 is 2.63 bits per heavy atom. The van der Waals surface area contributed by atoms with Crippen molar-refractivity contribution >= 4 is 5.78 Å². The van der Waals surface area contributed by atoms with E-state index in [1.807, 2.05) is 19.1 Å². The lowest BCUT2D eigenvalue weighted by molar-refractivity contribution is 0.0865. The number of ketones is 1. The molecule has 0 aliphatic heterocycles. The van der Waals surface area contributed by atoms with Crippen LogP contribution in [-0.4, -0.2) is 12.9 Å². The topological polar surface area (TPSA) is 26.3 Å². The highest BCUT2D eigenvalue weighted by molar-refractivity contribution is 6.00. The summed E-state index contributed by atoms with van der Waals surface area (Å²) in [7, 11) is 1.65. The predicted molar refractivity (Wildman–Crippen MR) is 77.9 cm³/mol. The fourth-order valence-electron chi connectivity index (χ4n) is 3.14. The Hall–Kier alpha value is -1.31. The third kappa shape index (κ3) is 2.83. The van der Waals surface area contributed by atoms with Crippen LogP contribution >= 0.6 is 0 Å². The van der Waals surface area contributed by atoms with E-state index in [2.05, 4.69) is 13.8 Å². The molecule has 1 aliphatic carbocycles. The molecule has 2 rings (SSSR count). The molecule has 0 saturated heterocycles. The number of hydrogen-bond acceptors (Lipinski definition) is 2. The Morgan fingerprint density at radius 1 is 1.26 bits per heavy atom. The first-order chi connectivity index (χ1) is 9.04. The van der Waals surface area contributed by atoms with E-state index in [4.69, 9.17) is 4.74 Å². The summed E-state index contributed by atoms with van der Waals surface area (Å²) in [6, 6.07) is 3.96. The number of benzene rings is 1. The van der Waals surface area contributed by atoms with Crippen molar-refractivity contribution in [1.82, 2.24) is 0 Å². The van der Waals surface area contributed by atoms with Gasteiger partial charge in [-0.1, -0.05) is 25.8 Å². The lowest BCUT2D eigenvalue weighted by Crippen LogP contribution is -2.22. The number of aryl methyl sites for hydroxylation is 1. The number of carbonyl (C=O) groups is 1. The summed E-state index contributed by atoms with van der Waals surface area (Å²) in [5, 5.41) is 0. The minimum atomic E-state index is 0.180. The van der Waals surface area contributed by atoms with Crippen molar-refractivity contribution in [3.63, 3.8) is 0 Å². The van der Waals surface area contributed by atoms with E-state index in [1.165, 1.54) is 18.4 Å². The highest BCUT2D eigenvalue weighted by Crippen LogP contribution is 2.34. The Balaban J connectivity index is 2.31. The molecule has 1 saturated carbocycles. The van der Waals surface area contributed by atoms with E-state index in [0.29, 0.717) is 5.92 Å². The monoisotopic (exact) mass is 260 g/mol. The highest BCUT2D eigenvalue weighted by Gasteiger charge is 2.28. The number of carbonyl (C=O) groups excluding carboxylic acids is 1. The maximum atomic E-state index is 12.7. The summed E-state index contributed by atoms with van der Waals surface area (Å²) >= 11 is 0. The molecule has 0 aromatic heterocycles. The Labute approximate surface area is 116 Å². The van der Waals surface area contributed by atoms with Gasteiger partial charge in [-0.2, -0.15) is 0 Å². The number of hydrogen-bond donors (Lipinski definition) is 0. The lowest BCUT2D eigenvalue weighted by atomic mass is 9.78. The second-order valence-corrected chi connectivity index (χ2v) is 5.92. The van der Waals surface area contributed by atoms with E-state index in [-0.39, 0.29) is 11.7 Å². The molecule has 0 spiro atoms. The van der Waals surface area contributed by atoms with E-state index < -0.39 is 0 Å². The maximum absolute atomic E-state index is 12.7. The van der Waals surface area contributed by atoms with Crippen LogP contribution in [0.4, 0.5) is 0 Å². The average Bonchev–Trinajstić information content (AvgIpc) is 2.41.